The third kappa shape index (κ3) is 2.20. The highest BCUT2D eigenvalue weighted by Crippen LogP contribution is 2.12. The maximum atomic E-state index is 12.0. The molecule has 0 aromatic carbocycles. The molecule has 1 aliphatic heterocycles. The van der Waals surface area contributed by atoms with E-state index in [0.717, 1.165) is 0 Å². The molecule has 0 spiro atoms. The van der Waals surface area contributed by atoms with E-state index in [1.54, 1.807) is 0 Å². The highest BCUT2D eigenvalue weighted by molar-refractivity contribution is 5.74. The lowest BCUT2D eigenvalue weighted by Gasteiger charge is -2.27. The number of nitrogens with one attached hydrogen (secondary N) is 1. The number of aliphatic hydroxyl groups excluding tert-OH is 1. The fourth-order valence-corrected chi connectivity index (χ4v) is 2.14. The topological polar surface area (TPSA) is 96.3 Å². The summed E-state index contributed by atoms with van der Waals surface area (Å²) in [6, 6.07) is 0. The second kappa shape index (κ2) is 4.98. The minimum atomic E-state index is -0.212. The lowest BCUT2D eigenvalue weighted by atomic mass is 10.4. The third-order valence-electron chi connectivity index (χ3n) is 3.12. The first-order valence-electron chi connectivity index (χ1n) is 6.19. The fourth-order valence-electron chi connectivity index (χ4n) is 2.14. The quantitative estimate of drug-likeness (QED) is 0.735. The van der Waals surface area contributed by atoms with E-state index in [2.05, 4.69) is 15.1 Å². The summed E-state index contributed by atoms with van der Waals surface area (Å²) >= 11 is 0. The Bertz CT molecular complexity index is 629. The average molecular weight is 265 g/mol. The van der Waals surface area contributed by atoms with E-state index in [9.17, 15) is 4.79 Å². The number of hydrogen-bond acceptors (Lipinski definition) is 6. The largest absolute Gasteiger partial charge is 0.394 e. The first-order valence-corrected chi connectivity index (χ1v) is 6.19. The first-order chi connectivity index (χ1) is 9.29. The molecule has 0 saturated carbocycles. The van der Waals surface area contributed by atoms with Gasteiger partial charge in [0.05, 0.1) is 32.6 Å². The van der Waals surface area contributed by atoms with E-state index in [1.807, 2.05) is 4.90 Å². The van der Waals surface area contributed by atoms with Crippen LogP contribution in [0, 0.1) is 0 Å². The monoisotopic (exact) mass is 265 g/mol. The molecular weight excluding hydrogens is 250 g/mol. The molecule has 0 bridgehead atoms. The van der Waals surface area contributed by atoms with Crippen molar-refractivity contribution in [2.45, 2.75) is 6.54 Å². The van der Waals surface area contributed by atoms with Gasteiger partial charge in [0.15, 0.2) is 5.65 Å². The maximum absolute atomic E-state index is 12.0. The predicted octanol–water partition coefficient (Wildman–Crippen LogP) is -1.05. The molecule has 0 radical (unpaired) electrons. The third-order valence-corrected chi connectivity index (χ3v) is 3.12. The molecule has 3 heterocycles. The van der Waals surface area contributed by atoms with Crippen molar-refractivity contribution in [1.82, 2.24) is 19.7 Å². The molecular formula is C11H15N5O3. The van der Waals surface area contributed by atoms with Gasteiger partial charge in [-0.3, -0.25) is 9.78 Å². The number of aromatic amines is 1. The van der Waals surface area contributed by atoms with Crippen molar-refractivity contribution >= 4 is 17.0 Å². The normalized spacial score (nSPS) is 16.2. The van der Waals surface area contributed by atoms with Gasteiger partial charge in [-0.2, -0.15) is 10.1 Å². The van der Waals surface area contributed by atoms with Crippen molar-refractivity contribution in [3.63, 3.8) is 0 Å². The van der Waals surface area contributed by atoms with Gasteiger partial charge in [-0.05, 0) is 0 Å². The van der Waals surface area contributed by atoms with Crippen LogP contribution in [0.25, 0.3) is 11.0 Å². The molecule has 2 aromatic rings. The molecule has 102 valence electrons. The summed E-state index contributed by atoms with van der Waals surface area (Å²) in [6.45, 7) is 2.92. The van der Waals surface area contributed by atoms with Gasteiger partial charge in [-0.15, -0.1) is 0 Å². The van der Waals surface area contributed by atoms with Crippen LogP contribution < -0.4 is 10.5 Å². The number of rotatable bonds is 3. The maximum Gasteiger partial charge on any atom is 0.263 e. The number of fused-ring (bicyclic) bond motifs is 1. The van der Waals surface area contributed by atoms with Gasteiger partial charge in [0.1, 0.15) is 5.39 Å². The Hall–Kier alpha value is -1.93. The molecule has 2 N–H and O–H groups in total. The fraction of sp³-hybridized carbons (Fsp3) is 0.545. The lowest BCUT2D eigenvalue weighted by molar-refractivity contribution is 0.122. The molecule has 1 saturated heterocycles. The number of hydrogen-bond donors (Lipinski definition) is 2. The van der Waals surface area contributed by atoms with Crippen LogP contribution in [-0.4, -0.2) is 57.8 Å². The molecule has 0 atom stereocenters. The summed E-state index contributed by atoms with van der Waals surface area (Å²) in [5.41, 5.74) is 0.287. The van der Waals surface area contributed by atoms with Crippen molar-refractivity contribution in [2.24, 2.45) is 0 Å². The van der Waals surface area contributed by atoms with Crippen LogP contribution >= 0.6 is 0 Å². The van der Waals surface area contributed by atoms with Crippen LogP contribution in [-0.2, 0) is 11.3 Å². The molecule has 0 unspecified atom stereocenters. The van der Waals surface area contributed by atoms with E-state index < -0.39 is 0 Å². The van der Waals surface area contributed by atoms with Gasteiger partial charge < -0.3 is 14.7 Å². The Morgan fingerprint density at radius 1 is 1.42 bits per heavy atom. The van der Waals surface area contributed by atoms with E-state index in [1.165, 1.54) is 10.9 Å². The number of ether oxygens (including phenoxy) is 1. The number of aliphatic hydroxyl groups is 1. The first kappa shape index (κ1) is 12.1. The molecule has 8 nitrogen and oxygen atoms in total. The standard InChI is InChI=1S/C11H15N5O3/c17-4-1-16-9-8(7-12-16)10(18)14-11(13-9)15-2-5-19-6-3-15/h7,17H,1-6H2,(H,13,14,18). The summed E-state index contributed by atoms with van der Waals surface area (Å²) in [6.07, 6.45) is 1.47. The number of H-pyrrole nitrogens is 1. The minimum absolute atomic E-state index is 0.0435. The highest BCUT2D eigenvalue weighted by Gasteiger charge is 2.16. The second-order valence-electron chi connectivity index (χ2n) is 4.32. The molecule has 1 aliphatic rings. The van der Waals surface area contributed by atoms with Crippen LogP contribution in [0.2, 0.25) is 0 Å². The highest BCUT2D eigenvalue weighted by atomic mass is 16.5. The van der Waals surface area contributed by atoms with Crippen molar-refractivity contribution < 1.29 is 9.84 Å². The Morgan fingerprint density at radius 3 is 2.95 bits per heavy atom. The van der Waals surface area contributed by atoms with Gasteiger partial charge in [0.25, 0.3) is 5.56 Å². The van der Waals surface area contributed by atoms with Crippen LogP contribution in [0.15, 0.2) is 11.0 Å². The number of aromatic nitrogens is 4. The number of morpholine rings is 1. The summed E-state index contributed by atoms with van der Waals surface area (Å²) < 4.78 is 6.81. The molecule has 1 fully saturated rings. The zero-order valence-corrected chi connectivity index (χ0v) is 10.4. The van der Waals surface area contributed by atoms with Gasteiger partial charge >= 0.3 is 0 Å². The molecule has 3 rings (SSSR count). The average Bonchev–Trinajstić information content (AvgIpc) is 2.84. The summed E-state index contributed by atoms with van der Waals surface area (Å²) in [5, 5.41) is 13.5. The summed E-state index contributed by atoms with van der Waals surface area (Å²) in [4.78, 5) is 21.2. The SMILES string of the molecule is O=c1[nH]c(N2CCOCC2)nc2c1cnn2CCO. The Kier molecular flexibility index (Phi) is 3.18. The van der Waals surface area contributed by atoms with E-state index >= 15 is 0 Å². The van der Waals surface area contributed by atoms with Crippen molar-refractivity contribution in [2.75, 3.05) is 37.8 Å². The molecule has 19 heavy (non-hydrogen) atoms. The van der Waals surface area contributed by atoms with Gasteiger partial charge in [-0.1, -0.05) is 0 Å². The minimum Gasteiger partial charge on any atom is -0.394 e. The van der Waals surface area contributed by atoms with Crippen LogP contribution in [0.3, 0.4) is 0 Å². The smallest absolute Gasteiger partial charge is 0.263 e. The zero-order valence-electron chi connectivity index (χ0n) is 10.4. The predicted molar refractivity (Wildman–Crippen MR) is 68.3 cm³/mol. The Morgan fingerprint density at radius 2 is 2.21 bits per heavy atom. The molecule has 0 aliphatic carbocycles. The summed E-state index contributed by atoms with van der Waals surface area (Å²) in [5.74, 6) is 0.528. The van der Waals surface area contributed by atoms with E-state index in [-0.39, 0.29) is 12.2 Å². The van der Waals surface area contributed by atoms with Gasteiger partial charge in [-0.25, -0.2) is 4.68 Å². The van der Waals surface area contributed by atoms with Crippen LogP contribution in [0.1, 0.15) is 0 Å². The lowest BCUT2D eigenvalue weighted by Crippen LogP contribution is -2.38. The van der Waals surface area contributed by atoms with Crippen molar-refractivity contribution in [1.29, 1.82) is 0 Å². The number of anilines is 1. The Labute approximate surface area is 108 Å². The molecule has 2 aromatic heterocycles. The zero-order chi connectivity index (χ0) is 13.2. The van der Waals surface area contributed by atoms with Crippen molar-refractivity contribution in [3.05, 3.63) is 16.6 Å². The van der Waals surface area contributed by atoms with Gasteiger partial charge in [0.2, 0.25) is 5.95 Å². The second-order valence-corrected chi connectivity index (χ2v) is 4.32. The van der Waals surface area contributed by atoms with Crippen molar-refractivity contribution in [3.8, 4) is 0 Å². The molecule has 8 heteroatoms. The molecule has 0 amide bonds. The van der Waals surface area contributed by atoms with E-state index in [4.69, 9.17) is 9.84 Å². The van der Waals surface area contributed by atoms with Crippen LogP contribution in [0.5, 0.6) is 0 Å². The van der Waals surface area contributed by atoms with E-state index in [0.29, 0.717) is 49.8 Å². The van der Waals surface area contributed by atoms with Crippen LogP contribution in [0.4, 0.5) is 5.95 Å². The summed E-state index contributed by atoms with van der Waals surface area (Å²) in [7, 11) is 0. The number of nitrogens with zero attached hydrogens (tertiary/aromatic N) is 4. The Balaban J connectivity index is 2.05. The van der Waals surface area contributed by atoms with Gasteiger partial charge in [0, 0.05) is 13.1 Å².